The molecular weight excluding hydrogens is 588 g/mol. The highest BCUT2D eigenvalue weighted by molar-refractivity contribution is 7.33. The number of esters is 1. The van der Waals surface area contributed by atoms with Crippen LogP contribution in [0.15, 0.2) is 60.7 Å². The van der Waals surface area contributed by atoms with Crippen LogP contribution in [0, 0.1) is 33.5 Å². The summed E-state index contributed by atoms with van der Waals surface area (Å²) in [7, 11) is 1.29. The molecule has 0 bridgehead atoms. The van der Waals surface area contributed by atoms with E-state index in [0.29, 0.717) is 5.39 Å². The van der Waals surface area contributed by atoms with Crippen molar-refractivity contribution in [2.75, 3.05) is 7.11 Å². The Bertz CT molecular complexity index is 2140. The molecule has 0 aliphatic heterocycles. The van der Waals surface area contributed by atoms with Crippen LogP contribution in [0.2, 0.25) is 0 Å². The van der Waals surface area contributed by atoms with E-state index in [9.17, 15) is 4.79 Å². The quantitative estimate of drug-likeness (QED) is 0.185. The monoisotopic (exact) mass is 612 g/mol. The summed E-state index contributed by atoms with van der Waals surface area (Å²) in [5.74, 6) is -1.10. The van der Waals surface area contributed by atoms with Gasteiger partial charge >= 0.3 is 5.97 Å². The van der Waals surface area contributed by atoms with E-state index < -0.39 is 11.8 Å². The molecule has 0 aliphatic rings. The summed E-state index contributed by atoms with van der Waals surface area (Å²) in [6.45, 7) is 8.33. The molecule has 0 unspecified atom stereocenters. The number of hydrogen-bond acceptors (Lipinski definition) is 6. The normalized spacial score (nSPS) is 11.8. The lowest BCUT2D eigenvalue weighted by Gasteiger charge is -2.15. The fraction of sp³-hybridized carbons (Fsp3) is 0.147. The van der Waals surface area contributed by atoms with Crippen molar-refractivity contribution in [3.8, 4) is 32.0 Å². The van der Waals surface area contributed by atoms with Gasteiger partial charge in [-0.25, -0.2) is 9.18 Å². The number of carbonyl (C=O) groups is 1. The number of hydrogen-bond donors (Lipinski definition) is 0. The van der Waals surface area contributed by atoms with Crippen LogP contribution >= 0.6 is 45.3 Å². The minimum atomic E-state index is -0.629. The van der Waals surface area contributed by atoms with Crippen LogP contribution in [0.5, 0.6) is 0 Å². The van der Waals surface area contributed by atoms with E-state index in [0.717, 1.165) is 19.3 Å². The highest BCUT2D eigenvalue weighted by Gasteiger charge is 2.27. The number of aryl methyl sites for hydroxylation is 4. The van der Waals surface area contributed by atoms with Crippen LogP contribution in [0.1, 0.15) is 30.6 Å². The molecule has 7 heteroatoms. The molecule has 0 spiro atoms. The summed E-state index contributed by atoms with van der Waals surface area (Å²) in [6.07, 6.45) is 0. The van der Waals surface area contributed by atoms with Crippen molar-refractivity contribution in [1.29, 1.82) is 0 Å². The maximum Gasteiger partial charge on any atom is 0.351 e. The van der Waals surface area contributed by atoms with Gasteiger partial charge in [0.2, 0.25) is 0 Å². The van der Waals surface area contributed by atoms with E-state index >= 15 is 4.39 Å². The van der Waals surface area contributed by atoms with Crippen molar-refractivity contribution in [1.82, 2.24) is 0 Å². The van der Waals surface area contributed by atoms with Gasteiger partial charge in [-0.1, -0.05) is 59.7 Å². The number of fused-ring (bicyclic) bond motifs is 4. The molecule has 41 heavy (non-hydrogen) atoms. The average molecular weight is 613 g/mol. The Balaban J connectivity index is 1.59. The summed E-state index contributed by atoms with van der Waals surface area (Å²) in [6, 6.07) is 22.2. The van der Waals surface area contributed by atoms with Crippen molar-refractivity contribution in [3.63, 3.8) is 0 Å². The highest BCUT2D eigenvalue weighted by atomic mass is 32.1. The Kier molecular flexibility index (Phi) is 6.39. The molecule has 0 atom stereocenters. The number of thiophene rings is 4. The van der Waals surface area contributed by atoms with E-state index in [1.54, 1.807) is 22.7 Å². The maximum atomic E-state index is 15.4. The van der Waals surface area contributed by atoms with Crippen molar-refractivity contribution >= 4 is 81.6 Å². The zero-order valence-electron chi connectivity index (χ0n) is 23.1. The van der Waals surface area contributed by atoms with Crippen LogP contribution in [0.4, 0.5) is 4.39 Å². The third-order valence-electron chi connectivity index (χ3n) is 7.52. The van der Waals surface area contributed by atoms with Gasteiger partial charge in [-0.05, 0) is 62.1 Å². The minimum Gasteiger partial charge on any atom is -0.465 e. The first-order chi connectivity index (χ1) is 19.7. The predicted molar refractivity (Wildman–Crippen MR) is 177 cm³/mol. The van der Waals surface area contributed by atoms with Crippen molar-refractivity contribution in [2.24, 2.45) is 0 Å². The maximum absolute atomic E-state index is 15.4. The molecule has 7 aromatic rings. The van der Waals surface area contributed by atoms with E-state index in [1.165, 1.54) is 76.9 Å². The minimum absolute atomic E-state index is 0.0361. The van der Waals surface area contributed by atoms with E-state index in [-0.39, 0.29) is 4.88 Å². The van der Waals surface area contributed by atoms with Crippen LogP contribution < -0.4 is 0 Å². The third-order valence-corrected chi connectivity index (χ3v) is 12.4. The predicted octanol–water partition coefficient (Wildman–Crippen LogP) is 11.6. The summed E-state index contributed by atoms with van der Waals surface area (Å²) >= 11 is 6.37. The SMILES string of the molecule is COC(=O)c1sc2c(-c3cc4c(-c5ccc(C)cc5)c(-c5ccc(C)cc5)c5cc(C)sc5c4s3)sc(C)c2c1F. The van der Waals surface area contributed by atoms with Crippen LogP contribution in [0.3, 0.4) is 0 Å². The molecule has 0 aliphatic carbocycles. The number of benzene rings is 3. The van der Waals surface area contributed by atoms with Crippen LogP contribution in [0.25, 0.3) is 62.3 Å². The molecule has 3 aromatic carbocycles. The molecule has 4 heterocycles. The molecule has 2 nitrogen and oxygen atoms in total. The van der Waals surface area contributed by atoms with Crippen molar-refractivity contribution in [3.05, 3.63) is 92.2 Å². The first-order valence-electron chi connectivity index (χ1n) is 13.2. The van der Waals surface area contributed by atoms with Gasteiger partial charge in [-0.15, -0.1) is 45.3 Å². The average Bonchev–Trinajstić information content (AvgIpc) is 3.72. The lowest BCUT2D eigenvalue weighted by molar-refractivity contribution is 0.0602. The Labute approximate surface area is 253 Å². The van der Waals surface area contributed by atoms with Gasteiger partial charge in [-0.3, -0.25) is 0 Å². The Hall–Kier alpha value is -3.36. The van der Waals surface area contributed by atoms with Gasteiger partial charge in [0.1, 0.15) is 4.88 Å². The molecule has 0 N–H and O–H groups in total. The number of rotatable bonds is 4. The second kappa shape index (κ2) is 9.88. The van der Waals surface area contributed by atoms with Gasteiger partial charge in [0, 0.05) is 30.8 Å². The second-order valence-corrected chi connectivity index (χ2v) is 14.9. The number of ether oxygens (including phenoxy) is 1. The molecule has 0 radical (unpaired) electrons. The zero-order chi connectivity index (χ0) is 28.6. The largest absolute Gasteiger partial charge is 0.465 e. The summed E-state index contributed by atoms with van der Waals surface area (Å²) in [4.78, 5) is 16.6. The molecule has 4 aromatic heterocycles. The van der Waals surface area contributed by atoms with Crippen LogP contribution in [-0.2, 0) is 4.74 Å². The first kappa shape index (κ1) is 26.5. The van der Waals surface area contributed by atoms with Crippen LogP contribution in [-0.4, -0.2) is 13.1 Å². The molecule has 0 saturated heterocycles. The number of halogens is 1. The van der Waals surface area contributed by atoms with E-state index in [2.05, 4.69) is 81.4 Å². The molecule has 0 saturated carbocycles. The summed E-state index contributed by atoms with van der Waals surface area (Å²) in [5, 5.41) is 2.99. The summed E-state index contributed by atoms with van der Waals surface area (Å²) < 4.78 is 23.6. The van der Waals surface area contributed by atoms with Gasteiger partial charge in [0.25, 0.3) is 0 Å². The zero-order valence-corrected chi connectivity index (χ0v) is 26.4. The molecular formula is C34H25FO2S4. The molecule has 0 amide bonds. The number of carbonyl (C=O) groups excluding carboxylic acids is 1. The van der Waals surface area contributed by atoms with E-state index in [4.69, 9.17) is 4.74 Å². The van der Waals surface area contributed by atoms with E-state index in [1.807, 2.05) is 18.3 Å². The fourth-order valence-electron chi connectivity index (χ4n) is 5.56. The van der Waals surface area contributed by atoms with Gasteiger partial charge in [0.15, 0.2) is 5.82 Å². The van der Waals surface area contributed by atoms with Gasteiger partial charge < -0.3 is 4.74 Å². The molecule has 204 valence electrons. The highest BCUT2D eigenvalue weighted by Crippen LogP contribution is 2.53. The van der Waals surface area contributed by atoms with Gasteiger partial charge in [-0.2, -0.15) is 0 Å². The molecule has 7 rings (SSSR count). The Morgan fingerprint density at radius 2 is 1.27 bits per heavy atom. The lowest BCUT2D eigenvalue weighted by atomic mass is 9.89. The topological polar surface area (TPSA) is 26.3 Å². The lowest BCUT2D eigenvalue weighted by Crippen LogP contribution is -2.00. The standard InChI is InChI=1S/C34H25FO2S4/c1-16-6-10-20(11-7-16)26-22-14-18(3)38-29(22)30-23(27(26)21-12-8-17(2)9-13-21)15-24(40-30)31-32-25(19(4)39-31)28(35)33(41-32)34(36)37-5/h6-15H,1-5H3. The smallest absolute Gasteiger partial charge is 0.351 e. The Morgan fingerprint density at radius 3 is 1.85 bits per heavy atom. The number of methoxy groups -OCH3 is 1. The van der Waals surface area contributed by atoms with Crippen molar-refractivity contribution < 1.29 is 13.9 Å². The van der Waals surface area contributed by atoms with Gasteiger partial charge in [0.05, 0.1) is 26.1 Å². The fourth-order valence-corrected chi connectivity index (χ4v) is 10.5. The third kappa shape index (κ3) is 4.17. The van der Waals surface area contributed by atoms with Crippen molar-refractivity contribution in [2.45, 2.75) is 27.7 Å². The summed E-state index contributed by atoms with van der Waals surface area (Å²) in [5.41, 5.74) is 7.28. The second-order valence-electron chi connectivity index (χ2n) is 10.4. The Morgan fingerprint density at radius 1 is 0.707 bits per heavy atom. The molecule has 0 fully saturated rings. The first-order valence-corrected chi connectivity index (χ1v) is 16.5.